The molecule has 1 fully saturated rings. The number of hydrogen-bond donors (Lipinski definition) is 1. The maximum absolute atomic E-state index is 13.7. The summed E-state index contributed by atoms with van der Waals surface area (Å²) in [5.74, 6) is -3.08. The van der Waals surface area contributed by atoms with Crippen LogP contribution >= 0.6 is 0 Å². The van der Waals surface area contributed by atoms with Crippen LogP contribution in [0.15, 0.2) is 47.6 Å². The average molecular weight is 381 g/mol. The van der Waals surface area contributed by atoms with E-state index in [9.17, 15) is 22.0 Å². The number of anilines is 1. The topological polar surface area (TPSA) is 79.4 Å². The number of nitrogens with one attached hydrogen (secondary N) is 1. The summed E-state index contributed by atoms with van der Waals surface area (Å²) in [5.41, 5.74) is -0.222. The number of pyridine rings is 1. The summed E-state index contributed by atoms with van der Waals surface area (Å²) in [6.45, 7) is 0.335. The van der Waals surface area contributed by atoms with Gasteiger partial charge in [-0.1, -0.05) is 6.07 Å². The van der Waals surface area contributed by atoms with Crippen molar-refractivity contribution in [3.8, 4) is 0 Å². The van der Waals surface area contributed by atoms with E-state index in [2.05, 4.69) is 10.3 Å². The summed E-state index contributed by atoms with van der Waals surface area (Å²) in [7, 11) is -3.65. The van der Waals surface area contributed by atoms with E-state index >= 15 is 0 Å². The molecule has 2 aromatic rings. The monoisotopic (exact) mass is 381 g/mol. The Labute approximate surface area is 149 Å². The smallest absolute Gasteiger partial charge is 0.244 e. The number of carbonyl (C=O) groups is 1. The molecule has 0 spiro atoms. The van der Waals surface area contributed by atoms with Crippen LogP contribution in [0.4, 0.5) is 14.5 Å². The summed E-state index contributed by atoms with van der Waals surface area (Å²) in [6.07, 6.45) is 3.35. The van der Waals surface area contributed by atoms with Crippen molar-refractivity contribution in [2.75, 3.05) is 18.4 Å². The Kier molecular flexibility index (Phi) is 5.28. The van der Waals surface area contributed by atoms with Gasteiger partial charge in [0.25, 0.3) is 0 Å². The standard InChI is InChI=1S/C17H17F2N3O3S/c18-14-4-1-5-15(16(14)19)21-17(23)12-6-9-22(10-7-12)26(24,25)13-3-2-8-20-11-13/h1-5,8,11-12H,6-7,9-10H2,(H,21,23). The Hall–Kier alpha value is -2.39. The van der Waals surface area contributed by atoms with Crippen molar-refractivity contribution in [2.24, 2.45) is 5.92 Å². The number of benzene rings is 1. The third-order valence-corrected chi connectivity index (χ3v) is 6.19. The van der Waals surface area contributed by atoms with E-state index in [0.717, 1.165) is 6.07 Å². The molecule has 0 radical (unpaired) electrons. The molecule has 1 amide bonds. The molecule has 0 aliphatic carbocycles. The van der Waals surface area contributed by atoms with Crippen molar-refractivity contribution in [3.63, 3.8) is 0 Å². The summed E-state index contributed by atoms with van der Waals surface area (Å²) in [4.78, 5) is 16.2. The fraction of sp³-hybridized carbons (Fsp3) is 0.294. The van der Waals surface area contributed by atoms with Gasteiger partial charge in [-0.05, 0) is 37.1 Å². The summed E-state index contributed by atoms with van der Waals surface area (Å²) < 4.78 is 53.2. The third kappa shape index (κ3) is 3.73. The highest BCUT2D eigenvalue weighted by Crippen LogP contribution is 2.25. The van der Waals surface area contributed by atoms with Gasteiger partial charge in [0.05, 0.1) is 5.69 Å². The first-order valence-electron chi connectivity index (χ1n) is 8.04. The van der Waals surface area contributed by atoms with Crippen molar-refractivity contribution >= 4 is 21.6 Å². The molecular formula is C17H17F2N3O3S. The van der Waals surface area contributed by atoms with Crippen LogP contribution in [0.2, 0.25) is 0 Å². The van der Waals surface area contributed by atoms with Crippen LogP contribution < -0.4 is 5.32 Å². The maximum Gasteiger partial charge on any atom is 0.244 e. The molecule has 1 aromatic heterocycles. The number of carbonyl (C=O) groups excluding carboxylic acids is 1. The second-order valence-corrected chi connectivity index (χ2v) is 7.90. The number of rotatable bonds is 4. The first kappa shape index (κ1) is 18.4. The number of nitrogens with zero attached hydrogens (tertiary/aromatic N) is 2. The second kappa shape index (κ2) is 7.46. The Morgan fingerprint density at radius 1 is 1.15 bits per heavy atom. The van der Waals surface area contributed by atoms with Gasteiger partial charge in [0.2, 0.25) is 15.9 Å². The number of halogens is 2. The molecule has 0 atom stereocenters. The van der Waals surface area contributed by atoms with Gasteiger partial charge in [-0.25, -0.2) is 17.2 Å². The van der Waals surface area contributed by atoms with E-state index in [4.69, 9.17) is 0 Å². The molecule has 9 heteroatoms. The van der Waals surface area contributed by atoms with Gasteiger partial charge < -0.3 is 5.32 Å². The highest BCUT2D eigenvalue weighted by molar-refractivity contribution is 7.89. The van der Waals surface area contributed by atoms with Crippen molar-refractivity contribution in [3.05, 3.63) is 54.4 Å². The van der Waals surface area contributed by atoms with E-state index in [-0.39, 0.29) is 23.7 Å². The van der Waals surface area contributed by atoms with Crippen molar-refractivity contribution in [1.29, 1.82) is 0 Å². The normalized spacial score (nSPS) is 16.4. The minimum Gasteiger partial charge on any atom is -0.323 e. The molecule has 0 bridgehead atoms. The van der Waals surface area contributed by atoms with E-state index in [1.165, 1.54) is 34.9 Å². The summed E-state index contributed by atoms with van der Waals surface area (Å²) >= 11 is 0. The number of aromatic nitrogens is 1. The lowest BCUT2D eigenvalue weighted by Crippen LogP contribution is -2.41. The number of hydrogen-bond acceptors (Lipinski definition) is 4. The molecule has 3 rings (SSSR count). The third-order valence-electron chi connectivity index (χ3n) is 4.31. The number of amides is 1. The average Bonchev–Trinajstić information content (AvgIpc) is 2.66. The van der Waals surface area contributed by atoms with Gasteiger partial charge in [-0.3, -0.25) is 9.78 Å². The molecule has 0 saturated carbocycles. The highest BCUT2D eigenvalue weighted by Gasteiger charge is 2.32. The first-order valence-corrected chi connectivity index (χ1v) is 9.48. The summed E-state index contributed by atoms with van der Waals surface area (Å²) in [6, 6.07) is 6.55. The van der Waals surface area contributed by atoms with Gasteiger partial charge in [0, 0.05) is 31.4 Å². The van der Waals surface area contributed by atoms with Crippen LogP contribution in [0.3, 0.4) is 0 Å². The highest BCUT2D eigenvalue weighted by atomic mass is 32.2. The molecule has 1 aliphatic rings. The van der Waals surface area contributed by atoms with Crippen LogP contribution in [0, 0.1) is 17.6 Å². The van der Waals surface area contributed by atoms with Crippen LogP contribution in [-0.4, -0.2) is 36.7 Å². The minimum atomic E-state index is -3.65. The first-order chi connectivity index (χ1) is 12.4. The molecule has 6 nitrogen and oxygen atoms in total. The Morgan fingerprint density at radius 3 is 2.54 bits per heavy atom. The van der Waals surface area contributed by atoms with Gasteiger partial charge in [-0.2, -0.15) is 4.31 Å². The lowest BCUT2D eigenvalue weighted by atomic mass is 9.97. The zero-order valence-corrected chi connectivity index (χ0v) is 14.5. The lowest BCUT2D eigenvalue weighted by molar-refractivity contribution is -0.120. The predicted molar refractivity (Wildman–Crippen MR) is 90.7 cm³/mol. The van der Waals surface area contributed by atoms with E-state index in [1.807, 2.05) is 0 Å². The zero-order valence-electron chi connectivity index (χ0n) is 13.7. The predicted octanol–water partition coefficient (Wildman–Crippen LogP) is 2.40. The summed E-state index contributed by atoms with van der Waals surface area (Å²) in [5, 5.41) is 2.37. The minimum absolute atomic E-state index is 0.102. The van der Waals surface area contributed by atoms with Crippen molar-refractivity contribution in [1.82, 2.24) is 9.29 Å². The lowest BCUT2D eigenvalue weighted by Gasteiger charge is -2.30. The van der Waals surface area contributed by atoms with Gasteiger partial charge in [-0.15, -0.1) is 0 Å². The second-order valence-electron chi connectivity index (χ2n) is 5.96. The number of piperidine rings is 1. The molecule has 1 N–H and O–H groups in total. The Balaban J connectivity index is 1.63. The molecule has 1 aromatic carbocycles. The molecular weight excluding hydrogens is 364 g/mol. The largest absolute Gasteiger partial charge is 0.323 e. The SMILES string of the molecule is O=C(Nc1cccc(F)c1F)C1CCN(S(=O)(=O)c2cccnc2)CC1. The van der Waals surface area contributed by atoms with Gasteiger partial charge in [0.15, 0.2) is 11.6 Å². The fourth-order valence-electron chi connectivity index (χ4n) is 2.84. The Bertz CT molecular complexity index is 899. The van der Waals surface area contributed by atoms with E-state index < -0.39 is 33.5 Å². The molecule has 1 saturated heterocycles. The molecule has 1 aliphatic heterocycles. The Morgan fingerprint density at radius 2 is 1.88 bits per heavy atom. The van der Waals surface area contributed by atoms with Crippen molar-refractivity contribution < 1.29 is 22.0 Å². The zero-order chi connectivity index (χ0) is 18.7. The molecule has 138 valence electrons. The number of sulfonamides is 1. The van der Waals surface area contributed by atoms with E-state index in [0.29, 0.717) is 12.8 Å². The van der Waals surface area contributed by atoms with Crippen LogP contribution in [0.25, 0.3) is 0 Å². The van der Waals surface area contributed by atoms with E-state index in [1.54, 1.807) is 6.07 Å². The van der Waals surface area contributed by atoms with Gasteiger partial charge >= 0.3 is 0 Å². The molecule has 0 unspecified atom stereocenters. The van der Waals surface area contributed by atoms with Crippen LogP contribution in [0.5, 0.6) is 0 Å². The van der Waals surface area contributed by atoms with Gasteiger partial charge in [0.1, 0.15) is 4.90 Å². The molecule has 26 heavy (non-hydrogen) atoms. The molecule has 2 heterocycles. The quantitative estimate of drug-likeness (QED) is 0.882. The maximum atomic E-state index is 13.7. The van der Waals surface area contributed by atoms with Crippen molar-refractivity contribution in [2.45, 2.75) is 17.7 Å². The fourth-order valence-corrected chi connectivity index (χ4v) is 4.28. The van der Waals surface area contributed by atoms with Crippen LogP contribution in [0.1, 0.15) is 12.8 Å². The van der Waals surface area contributed by atoms with Crippen LogP contribution in [-0.2, 0) is 14.8 Å².